The number of halogens is 2. The number of hydrogen-bond acceptors (Lipinski definition) is 4. The predicted molar refractivity (Wildman–Crippen MR) is 69.8 cm³/mol. The van der Waals surface area contributed by atoms with Crippen molar-refractivity contribution in [3.63, 3.8) is 0 Å². The lowest BCUT2D eigenvalue weighted by atomic mass is 10.0. The summed E-state index contributed by atoms with van der Waals surface area (Å²) in [5, 5.41) is 11.0. The molecule has 0 aliphatic rings. The van der Waals surface area contributed by atoms with Gasteiger partial charge in [-0.2, -0.15) is 0 Å². The summed E-state index contributed by atoms with van der Waals surface area (Å²) in [5.74, 6) is -2.93. The number of nitro groups is 1. The third-order valence-electron chi connectivity index (χ3n) is 2.85. The van der Waals surface area contributed by atoms with Gasteiger partial charge in [0.15, 0.2) is 11.6 Å². The van der Waals surface area contributed by atoms with Crippen molar-refractivity contribution in [2.75, 3.05) is 7.11 Å². The first-order chi connectivity index (χ1) is 9.93. The molecule has 0 radical (unpaired) electrons. The molecule has 5 nitrogen and oxygen atoms in total. The number of nitro benzene ring substituents is 1. The topological polar surface area (TPSA) is 69.4 Å². The van der Waals surface area contributed by atoms with Crippen LogP contribution in [0.2, 0.25) is 0 Å². The van der Waals surface area contributed by atoms with Crippen molar-refractivity contribution in [3.05, 3.63) is 63.7 Å². The molecular formula is C14H9F2NO4. The molecule has 0 heterocycles. The molecule has 0 aliphatic carbocycles. The molecule has 7 heteroatoms. The van der Waals surface area contributed by atoms with Crippen LogP contribution in [0.3, 0.4) is 0 Å². The second-order valence-electron chi connectivity index (χ2n) is 4.11. The molecule has 21 heavy (non-hydrogen) atoms. The maximum Gasteiger partial charge on any atom is 0.344 e. The maximum atomic E-state index is 13.2. The van der Waals surface area contributed by atoms with Crippen LogP contribution >= 0.6 is 0 Å². The Morgan fingerprint density at radius 1 is 1.10 bits per heavy atom. The Morgan fingerprint density at radius 2 is 1.71 bits per heavy atom. The van der Waals surface area contributed by atoms with Gasteiger partial charge in [-0.15, -0.1) is 0 Å². The summed E-state index contributed by atoms with van der Waals surface area (Å²) in [5.41, 5.74) is -0.139. The van der Waals surface area contributed by atoms with Gasteiger partial charge in [-0.3, -0.25) is 10.1 Å². The summed E-state index contributed by atoms with van der Waals surface area (Å²) < 4.78 is 30.6. The largest absolute Gasteiger partial charge is 0.465 e. The Labute approximate surface area is 117 Å². The molecule has 0 fully saturated rings. The monoisotopic (exact) mass is 293 g/mol. The average Bonchev–Trinajstić information content (AvgIpc) is 2.48. The smallest absolute Gasteiger partial charge is 0.344 e. The Bertz CT molecular complexity index is 731. The fourth-order valence-corrected chi connectivity index (χ4v) is 1.82. The van der Waals surface area contributed by atoms with Crippen LogP contribution in [-0.2, 0) is 4.74 Å². The van der Waals surface area contributed by atoms with Gasteiger partial charge in [0.25, 0.3) is 5.69 Å². The van der Waals surface area contributed by atoms with E-state index in [0.717, 1.165) is 25.3 Å². The van der Waals surface area contributed by atoms with Crippen molar-refractivity contribution >= 4 is 11.7 Å². The normalized spacial score (nSPS) is 10.2. The van der Waals surface area contributed by atoms with Crippen LogP contribution in [0.4, 0.5) is 14.5 Å². The summed E-state index contributed by atoms with van der Waals surface area (Å²) in [6.07, 6.45) is 0. The van der Waals surface area contributed by atoms with Gasteiger partial charge < -0.3 is 4.74 Å². The van der Waals surface area contributed by atoms with Gasteiger partial charge in [-0.1, -0.05) is 12.1 Å². The number of carbonyl (C=O) groups is 1. The van der Waals surface area contributed by atoms with Crippen LogP contribution < -0.4 is 0 Å². The number of ether oxygens (including phenoxy) is 1. The lowest BCUT2D eigenvalue weighted by Gasteiger charge is -2.05. The Morgan fingerprint density at radius 3 is 2.29 bits per heavy atom. The summed E-state index contributed by atoms with van der Waals surface area (Å²) in [6, 6.07) is 6.84. The molecule has 0 saturated heterocycles. The number of rotatable bonds is 3. The summed E-state index contributed by atoms with van der Waals surface area (Å²) in [4.78, 5) is 21.7. The molecule has 2 aromatic rings. The van der Waals surface area contributed by atoms with Crippen LogP contribution in [0.15, 0.2) is 36.4 Å². The van der Waals surface area contributed by atoms with E-state index in [0.29, 0.717) is 0 Å². The molecule has 0 unspecified atom stereocenters. The number of carbonyl (C=O) groups excluding carboxylic acids is 1. The SMILES string of the molecule is COC(=O)c1ccc(-c2ccc(F)c(F)c2)cc1[N+](=O)[O-]. The van der Waals surface area contributed by atoms with E-state index in [2.05, 4.69) is 4.74 Å². The Balaban J connectivity index is 2.56. The average molecular weight is 293 g/mol. The molecular weight excluding hydrogens is 284 g/mol. The number of hydrogen-bond donors (Lipinski definition) is 0. The quantitative estimate of drug-likeness (QED) is 0.494. The van der Waals surface area contributed by atoms with E-state index in [4.69, 9.17) is 0 Å². The summed E-state index contributed by atoms with van der Waals surface area (Å²) >= 11 is 0. The molecule has 0 N–H and O–H groups in total. The fraction of sp³-hybridized carbons (Fsp3) is 0.0714. The van der Waals surface area contributed by atoms with Gasteiger partial charge in [0.05, 0.1) is 12.0 Å². The highest BCUT2D eigenvalue weighted by Crippen LogP contribution is 2.28. The van der Waals surface area contributed by atoms with Gasteiger partial charge in [0.2, 0.25) is 0 Å². The molecule has 0 aliphatic heterocycles. The lowest BCUT2D eigenvalue weighted by molar-refractivity contribution is -0.385. The Kier molecular flexibility index (Phi) is 3.93. The molecule has 2 rings (SSSR count). The highest BCUT2D eigenvalue weighted by Gasteiger charge is 2.21. The first-order valence-electron chi connectivity index (χ1n) is 5.76. The molecule has 0 bridgehead atoms. The molecule has 0 saturated carbocycles. The minimum Gasteiger partial charge on any atom is -0.465 e. The van der Waals surface area contributed by atoms with E-state index in [1.807, 2.05) is 0 Å². The van der Waals surface area contributed by atoms with Crippen molar-refractivity contribution in [1.29, 1.82) is 0 Å². The van der Waals surface area contributed by atoms with Gasteiger partial charge in [0.1, 0.15) is 5.56 Å². The number of methoxy groups -OCH3 is 1. The Hall–Kier alpha value is -2.83. The zero-order valence-corrected chi connectivity index (χ0v) is 10.8. The van der Waals surface area contributed by atoms with Crippen molar-refractivity contribution in [3.8, 4) is 11.1 Å². The van der Waals surface area contributed by atoms with E-state index in [-0.39, 0.29) is 16.7 Å². The maximum absolute atomic E-state index is 13.2. The van der Waals surface area contributed by atoms with Gasteiger partial charge in [-0.05, 0) is 29.3 Å². The van der Waals surface area contributed by atoms with E-state index in [1.54, 1.807) is 0 Å². The van der Waals surface area contributed by atoms with Crippen LogP contribution in [0.25, 0.3) is 11.1 Å². The predicted octanol–water partition coefficient (Wildman–Crippen LogP) is 3.33. The highest BCUT2D eigenvalue weighted by atomic mass is 19.2. The van der Waals surface area contributed by atoms with Crippen molar-refractivity contribution in [2.45, 2.75) is 0 Å². The van der Waals surface area contributed by atoms with Crippen LogP contribution in [-0.4, -0.2) is 18.0 Å². The fourth-order valence-electron chi connectivity index (χ4n) is 1.82. The highest BCUT2D eigenvalue weighted by molar-refractivity contribution is 5.94. The molecule has 0 aromatic heterocycles. The van der Waals surface area contributed by atoms with Gasteiger partial charge in [-0.25, -0.2) is 13.6 Å². The molecule has 0 atom stereocenters. The molecule has 0 amide bonds. The van der Waals surface area contributed by atoms with Gasteiger partial charge >= 0.3 is 5.97 Å². The van der Waals surface area contributed by atoms with Crippen molar-refractivity contribution < 1.29 is 23.2 Å². The van der Waals surface area contributed by atoms with E-state index >= 15 is 0 Å². The van der Waals surface area contributed by atoms with Crippen LogP contribution in [0.1, 0.15) is 10.4 Å². The standard InChI is InChI=1S/C14H9F2NO4/c1-21-14(18)10-4-2-9(7-13(10)17(19)20)8-3-5-11(15)12(16)6-8/h2-7H,1H3. The number of benzene rings is 2. The van der Waals surface area contributed by atoms with Crippen LogP contribution in [0.5, 0.6) is 0 Å². The summed E-state index contributed by atoms with van der Waals surface area (Å²) in [7, 11) is 1.11. The second-order valence-corrected chi connectivity index (χ2v) is 4.11. The first kappa shape index (κ1) is 14.6. The van der Waals surface area contributed by atoms with E-state index < -0.39 is 28.2 Å². The van der Waals surface area contributed by atoms with Crippen LogP contribution in [0, 0.1) is 21.7 Å². The van der Waals surface area contributed by atoms with Crippen molar-refractivity contribution in [2.24, 2.45) is 0 Å². The summed E-state index contributed by atoms with van der Waals surface area (Å²) in [6.45, 7) is 0. The second kappa shape index (κ2) is 5.66. The number of nitrogens with zero attached hydrogens (tertiary/aromatic N) is 1. The van der Waals surface area contributed by atoms with E-state index in [9.17, 15) is 23.7 Å². The third kappa shape index (κ3) is 2.86. The molecule has 0 spiro atoms. The zero-order valence-electron chi connectivity index (χ0n) is 10.8. The van der Waals surface area contributed by atoms with E-state index in [1.165, 1.54) is 18.2 Å². The minimum absolute atomic E-state index is 0.214. The number of esters is 1. The van der Waals surface area contributed by atoms with Crippen molar-refractivity contribution in [1.82, 2.24) is 0 Å². The zero-order chi connectivity index (χ0) is 15.6. The lowest BCUT2D eigenvalue weighted by Crippen LogP contribution is -2.05. The minimum atomic E-state index is -1.06. The molecule has 108 valence electrons. The van der Waals surface area contributed by atoms with Gasteiger partial charge in [0, 0.05) is 6.07 Å². The first-order valence-corrected chi connectivity index (χ1v) is 5.76. The third-order valence-corrected chi connectivity index (χ3v) is 2.85. The molecule has 2 aromatic carbocycles.